The Labute approximate surface area is 156 Å². The number of benzene rings is 1. The van der Waals surface area contributed by atoms with Gasteiger partial charge < -0.3 is 9.84 Å². The summed E-state index contributed by atoms with van der Waals surface area (Å²) in [7, 11) is 0. The highest BCUT2D eigenvalue weighted by molar-refractivity contribution is 5.60. The molecule has 0 bridgehead atoms. The Bertz CT molecular complexity index is 515. The third kappa shape index (κ3) is 7.35. The van der Waals surface area contributed by atoms with Gasteiger partial charge in [0.1, 0.15) is 11.6 Å². The highest BCUT2D eigenvalue weighted by atomic mass is 19.1. The summed E-state index contributed by atoms with van der Waals surface area (Å²) in [5.74, 6) is 3.02. The van der Waals surface area contributed by atoms with Gasteiger partial charge in [-0.15, -0.1) is 0 Å². The smallest absolute Gasteiger partial charge is 0.449 e. The van der Waals surface area contributed by atoms with E-state index in [-0.39, 0.29) is 5.75 Å². The van der Waals surface area contributed by atoms with Crippen LogP contribution in [0.2, 0.25) is 0 Å². The maximum atomic E-state index is 12.2. The van der Waals surface area contributed by atoms with Crippen LogP contribution >= 0.6 is 0 Å². The average Bonchev–Trinajstić information content (AvgIpc) is 2.65. The van der Waals surface area contributed by atoms with Crippen molar-refractivity contribution in [3.8, 4) is 5.75 Å². The summed E-state index contributed by atoms with van der Waals surface area (Å²) in [5, 5.41) is 8.12. The van der Waals surface area contributed by atoms with E-state index < -0.39 is 12.0 Å². The van der Waals surface area contributed by atoms with Crippen LogP contribution in [0.15, 0.2) is 24.3 Å². The summed E-state index contributed by atoms with van der Waals surface area (Å²) in [6.45, 7) is 2.34. The van der Waals surface area contributed by atoms with Gasteiger partial charge in [0.05, 0.1) is 0 Å². The van der Waals surface area contributed by atoms with Crippen molar-refractivity contribution in [1.29, 1.82) is 0 Å². The van der Waals surface area contributed by atoms with Crippen molar-refractivity contribution in [2.75, 3.05) is 0 Å². The SMILES string of the molecule is CCC[C@H]1CC[C@H](C2CCCCC2)CC1.O=C(O)Oc1ccc(F)cc1. The molecule has 0 saturated heterocycles. The first kappa shape index (κ1) is 20.7. The molecule has 1 aromatic rings. The summed E-state index contributed by atoms with van der Waals surface area (Å²) >= 11 is 0. The lowest BCUT2D eigenvalue weighted by atomic mass is 9.70. The third-order valence-electron chi connectivity index (χ3n) is 5.92. The molecule has 0 radical (unpaired) electrons. The van der Waals surface area contributed by atoms with Crippen molar-refractivity contribution >= 4 is 6.16 Å². The molecule has 0 aromatic heterocycles. The van der Waals surface area contributed by atoms with Crippen LogP contribution in [0.5, 0.6) is 5.75 Å². The van der Waals surface area contributed by atoms with Gasteiger partial charge >= 0.3 is 6.16 Å². The maximum absolute atomic E-state index is 12.2. The Balaban J connectivity index is 0.000000197. The molecule has 2 fully saturated rings. The first-order valence-corrected chi connectivity index (χ1v) is 10.2. The highest BCUT2D eigenvalue weighted by Crippen LogP contribution is 2.40. The molecule has 2 saturated carbocycles. The summed E-state index contributed by atoms with van der Waals surface area (Å²) in [6, 6.07) is 4.73. The van der Waals surface area contributed by atoms with E-state index in [4.69, 9.17) is 5.11 Å². The quantitative estimate of drug-likeness (QED) is 0.459. The van der Waals surface area contributed by atoms with Gasteiger partial charge in [0.2, 0.25) is 0 Å². The normalized spacial score (nSPS) is 23.6. The monoisotopic (exact) mass is 364 g/mol. The van der Waals surface area contributed by atoms with Crippen LogP contribution in [0.4, 0.5) is 9.18 Å². The van der Waals surface area contributed by atoms with Gasteiger partial charge in [0, 0.05) is 0 Å². The van der Waals surface area contributed by atoms with Gasteiger partial charge in [0.15, 0.2) is 0 Å². The molecule has 1 N–H and O–H groups in total. The zero-order valence-electron chi connectivity index (χ0n) is 16.0. The molecule has 3 rings (SSSR count). The van der Waals surface area contributed by atoms with Crippen molar-refractivity contribution in [2.45, 2.75) is 77.6 Å². The second-order valence-corrected chi connectivity index (χ2v) is 7.79. The topological polar surface area (TPSA) is 46.5 Å². The largest absolute Gasteiger partial charge is 0.511 e. The molecule has 0 aliphatic heterocycles. The van der Waals surface area contributed by atoms with E-state index in [1.165, 1.54) is 44.2 Å². The molecule has 1 aromatic carbocycles. The minimum absolute atomic E-state index is 0.110. The molecular weight excluding hydrogens is 331 g/mol. The minimum atomic E-state index is -1.41. The minimum Gasteiger partial charge on any atom is -0.449 e. The molecule has 0 amide bonds. The molecule has 0 atom stereocenters. The zero-order chi connectivity index (χ0) is 18.8. The maximum Gasteiger partial charge on any atom is 0.511 e. The van der Waals surface area contributed by atoms with Crippen LogP contribution in [-0.4, -0.2) is 11.3 Å². The van der Waals surface area contributed by atoms with Crippen molar-refractivity contribution < 1.29 is 19.0 Å². The van der Waals surface area contributed by atoms with E-state index in [9.17, 15) is 9.18 Å². The average molecular weight is 365 g/mol. The van der Waals surface area contributed by atoms with Crippen molar-refractivity contribution in [3.63, 3.8) is 0 Å². The number of ether oxygens (including phenoxy) is 1. The fourth-order valence-electron chi connectivity index (χ4n) is 4.57. The molecule has 2 aliphatic rings. The Kier molecular flexibility index (Phi) is 8.93. The summed E-state index contributed by atoms with van der Waals surface area (Å²) in [6.07, 6.45) is 15.4. The number of carboxylic acid groups (broad SMARTS) is 1. The predicted octanol–water partition coefficient (Wildman–Crippen LogP) is 7.06. The van der Waals surface area contributed by atoms with Gasteiger partial charge in [-0.05, 0) is 54.9 Å². The standard InChI is InChI=1S/C15H28.C7H5FO3/c1-2-6-13-9-11-15(12-10-13)14-7-4-3-5-8-14;8-5-1-3-6(4-2-5)11-7(9)10/h13-15H,2-12H2,1H3;1-4H,(H,9,10)/t13-,15-;. The molecular formula is C22H33FO3. The van der Waals surface area contributed by atoms with Gasteiger partial charge in [-0.25, -0.2) is 9.18 Å². The van der Waals surface area contributed by atoms with Crippen molar-refractivity contribution in [3.05, 3.63) is 30.1 Å². The van der Waals surface area contributed by atoms with Gasteiger partial charge in [-0.3, -0.25) is 0 Å². The molecule has 4 heteroatoms. The molecule has 2 aliphatic carbocycles. The Morgan fingerprint density at radius 3 is 2.12 bits per heavy atom. The van der Waals surface area contributed by atoms with E-state index in [0.717, 1.165) is 29.9 Å². The van der Waals surface area contributed by atoms with Crippen LogP contribution < -0.4 is 4.74 Å². The molecule has 26 heavy (non-hydrogen) atoms. The first-order valence-electron chi connectivity index (χ1n) is 10.2. The summed E-state index contributed by atoms with van der Waals surface area (Å²) < 4.78 is 16.4. The second kappa shape index (κ2) is 11.2. The van der Waals surface area contributed by atoms with Crippen LogP contribution in [0.25, 0.3) is 0 Å². The van der Waals surface area contributed by atoms with Crippen molar-refractivity contribution in [1.82, 2.24) is 0 Å². The van der Waals surface area contributed by atoms with Gasteiger partial charge in [-0.1, -0.05) is 64.7 Å². The van der Waals surface area contributed by atoms with Gasteiger partial charge in [-0.2, -0.15) is 0 Å². The highest BCUT2D eigenvalue weighted by Gasteiger charge is 2.27. The van der Waals surface area contributed by atoms with Crippen molar-refractivity contribution in [2.24, 2.45) is 17.8 Å². The van der Waals surface area contributed by atoms with Crippen LogP contribution in [0.3, 0.4) is 0 Å². The lowest BCUT2D eigenvalue weighted by Crippen LogP contribution is -2.23. The lowest BCUT2D eigenvalue weighted by molar-refractivity contribution is 0.144. The number of halogens is 1. The third-order valence-corrected chi connectivity index (χ3v) is 5.92. The molecule has 146 valence electrons. The Morgan fingerprint density at radius 2 is 1.58 bits per heavy atom. The molecule has 3 nitrogen and oxygen atoms in total. The number of hydrogen-bond donors (Lipinski definition) is 1. The second-order valence-electron chi connectivity index (χ2n) is 7.79. The van der Waals surface area contributed by atoms with E-state index in [2.05, 4.69) is 11.7 Å². The fourth-order valence-corrected chi connectivity index (χ4v) is 4.57. The van der Waals surface area contributed by atoms with Crippen LogP contribution in [0, 0.1) is 23.6 Å². The summed E-state index contributed by atoms with van der Waals surface area (Å²) in [4.78, 5) is 9.94. The predicted molar refractivity (Wildman–Crippen MR) is 102 cm³/mol. The fraction of sp³-hybridized carbons (Fsp3) is 0.682. The molecule has 0 unspecified atom stereocenters. The Hall–Kier alpha value is -1.58. The van der Waals surface area contributed by atoms with E-state index in [1.54, 1.807) is 38.5 Å². The van der Waals surface area contributed by atoms with Crippen LogP contribution in [0.1, 0.15) is 77.6 Å². The van der Waals surface area contributed by atoms with E-state index in [1.807, 2.05) is 0 Å². The first-order chi connectivity index (χ1) is 12.6. The number of carbonyl (C=O) groups is 1. The lowest BCUT2D eigenvalue weighted by Gasteiger charge is -2.35. The zero-order valence-corrected chi connectivity index (χ0v) is 16.0. The molecule has 0 heterocycles. The number of rotatable bonds is 4. The van der Waals surface area contributed by atoms with Crippen LogP contribution in [-0.2, 0) is 0 Å². The van der Waals surface area contributed by atoms with E-state index in [0.29, 0.717) is 0 Å². The van der Waals surface area contributed by atoms with E-state index >= 15 is 0 Å². The van der Waals surface area contributed by atoms with Gasteiger partial charge in [0.25, 0.3) is 0 Å². The number of hydrogen-bond acceptors (Lipinski definition) is 2. The molecule has 0 spiro atoms. The Morgan fingerprint density at radius 1 is 1.00 bits per heavy atom. The summed E-state index contributed by atoms with van der Waals surface area (Å²) in [5.41, 5.74) is 0.